The van der Waals surface area contributed by atoms with Crippen LogP contribution in [0.5, 0.6) is 0 Å². The lowest BCUT2D eigenvalue weighted by molar-refractivity contribution is -0.224. The molecule has 12 atom stereocenters. The summed E-state index contributed by atoms with van der Waals surface area (Å²) < 4.78 is 9.67. The van der Waals surface area contributed by atoms with Gasteiger partial charge < -0.3 is 116 Å². The Kier molecular flexibility index (Phi) is 13.1. The highest BCUT2D eigenvalue weighted by molar-refractivity contribution is 5.90. The molecule has 12 rings (SSSR count). The number of amides is 2. The molecule has 408 valence electrons. The van der Waals surface area contributed by atoms with Crippen LogP contribution in [0.1, 0.15) is 64.2 Å². The van der Waals surface area contributed by atoms with Crippen molar-refractivity contribution in [1.82, 2.24) is 30.2 Å². The number of nitrogens with zero attached hydrogens (tertiary/aromatic N) is 10. The Labute approximate surface area is 424 Å². The van der Waals surface area contributed by atoms with Crippen LogP contribution in [0.2, 0.25) is 0 Å². The minimum atomic E-state index is -2.08. The highest BCUT2D eigenvalue weighted by Gasteiger charge is 2.70. The minimum Gasteiger partial charge on any atom is -0.447 e. The van der Waals surface area contributed by atoms with Gasteiger partial charge in [0.05, 0.1) is 60.7 Å². The van der Waals surface area contributed by atoms with E-state index in [9.17, 15) is 40.2 Å². The van der Waals surface area contributed by atoms with E-state index in [4.69, 9.17) is 66.2 Å². The van der Waals surface area contributed by atoms with Gasteiger partial charge in [0.1, 0.15) is 24.5 Å². The van der Waals surface area contributed by atoms with Crippen molar-refractivity contribution in [2.75, 3.05) is 52.6 Å². The fourth-order valence-electron chi connectivity index (χ4n) is 13.9. The van der Waals surface area contributed by atoms with E-state index in [1.165, 1.54) is 0 Å². The second-order valence-corrected chi connectivity index (χ2v) is 20.7. The highest BCUT2D eigenvalue weighted by Crippen LogP contribution is 2.53. The van der Waals surface area contributed by atoms with Gasteiger partial charge in [0.15, 0.2) is 35.2 Å². The molecule has 0 aromatic heterocycles. The molecule has 6 saturated heterocycles. The minimum absolute atomic E-state index is 0.00984. The number of ether oxygens (including phenoxy) is 2. The Balaban J connectivity index is 0.000000122. The van der Waals surface area contributed by atoms with Crippen molar-refractivity contribution >= 4 is 59.4 Å². The van der Waals surface area contributed by atoms with Crippen molar-refractivity contribution in [2.24, 2.45) is 99.5 Å². The predicted molar refractivity (Wildman–Crippen MR) is 264 cm³/mol. The topological polar surface area (TPSA) is 541 Å². The molecule has 4 spiro atoms. The van der Waals surface area contributed by atoms with E-state index in [0.717, 1.165) is 38.8 Å². The highest BCUT2D eigenvalue weighted by atomic mass is 16.6. The van der Waals surface area contributed by atoms with Crippen molar-refractivity contribution in [3.63, 3.8) is 0 Å². The van der Waals surface area contributed by atoms with Crippen LogP contribution in [-0.2, 0) is 9.47 Å². The zero-order chi connectivity index (χ0) is 53.5. The molecule has 8 unspecified atom stereocenters. The summed E-state index contributed by atoms with van der Waals surface area (Å²) in [6.45, 7) is 2.18. The van der Waals surface area contributed by atoms with Crippen molar-refractivity contribution in [3.05, 3.63) is 0 Å². The number of aliphatic imine (C=N–C) groups is 6. The number of hydrogen-bond acceptors (Lipinski definition) is 28. The molecule has 0 aromatic carbocycles. The second-order valence-electron chi connectivity index (χ2n) is 20.7. The van der Waals surface area contributed by atoms with E-state index >= 15 is 0 Å². The van der Waals surface area contributed by atoms with Crippen LogP contribution >= 0.6 is 0 Å². The molecule has 74 heavy (non-hydrogen) atoms. The van der Waals surface area contributed by atoms with Gasteiger partial charge in [-0.3, -0.25) is 10.8 Å². The maximum absolute atomic E-state index is 10.8. The number of primary amides is 2. The van der Waals surface area contributed by atoms with Gasteiger partial charge in [-0.25, -0.2) is 39.5 Å². The Bertz CT molecular complexity index is 2490. The SMILES string of the molecule is N=C1C[C@H]2C(CO)N=C(N)N3CCCC23N1.N=C1C[C@H]2C(COC(N)=O)N=C(N)N3CCCC23N1.NC(=O)OCC1N=C(N)N2CCC(O)(O)C23N=C(N)C[C@@H]13.NC1=NC23[C@@H](C1)C(CO)N=C(N)N2CCC3(O)O. The van der Waals surface area contributed by atoms with Gasteiger partial charge in [-0.05, 0) is 25.7 Å². The third-order valence-electron chi connectivity index (χ3n) is 16.9. The maximum atomic E-state index is 10.8. The fourth-order valence-corrected chi connectivity index (χ4v) is 13.9. The monoisotopic (exact) mass is 1040 g/mol. The van der Waals surface area contributed by atoms with Crippen LogP contribution in [0.4, 0.5) is 9.59 Å². The molecule has 0 bridgehead atoms. The molecule has 12 aliphatic heterocycles. The second kappa shape index (κ2) is 18.6. The summed E-state index contributed by atoms with van der Waals surface area (Å²) in [6.07, 6.45) is 4.37. The average molecular weight is 1040 g/mol. The maximum Gasteiger partial charge on any atom is 0.404 e. The number of rotatable bonds is 6. The van der Waals surface area contributed by atoms with Gasteiger partial charge in [-0.2, -0.15) is 0 Å². The quantitative estimate of drug-likeness (QED) is 0.110. The van der Waals surface area contributed by atoms with Crippen molar-refractivity contribution in [2.45, 2.75) is 123 Å². The summed E-state index contributed by atoms with van der Waals surface area (Å²) in [5.74, 6) is -1.73. The third-order valence-corrected chi connectivity index (χ3v) is 16.9. The zero-order valence-corrected chi connectivity index (χ0v) is 40.8. The molecule has 26 N–H and O–H groups in total. The molecular weight excluding hydrogens is 973 g/mol. The Hall–Kier alpha value is -6.74. The zero-order valence-electron chi connectivity index (χ0n) is 40.8. The standard InChI is InChI=1S/C11H18N6O4.C11H18N6O2.C10H17N5O3.C10H17N5O/c12-7-3-5-6(4-21-9(14)18)15-8(13)17-2-1-10(19,20)11(5,17)16-7;12-8-4-6-7(5-19-10(14)18)15-9(13)17-3-1-2-11(6,17)16-8;11-7-3-5-6(4-16)13-8(12)15-2-1-9(17,18)10(5,15)14-7;11-8-4-6-7(5-16)13-9(12)15-3-1-2-10(6,15)14-8/h5-6,19-20H,1-4H2,(H2,12,16)(H2,13,15)(H2,14,18);6-7H,1-5H2,(H2,12,16)(H2,13,15)(H2,14,18);5-6,16-18H,1-4H2,(H2,11,14)(H2,12,13);6-7,16H,1-5H2,(H2,11,14)(H2,12,13)/t5-,6?,11?;6-,7?,11?;5-,6?,10?;6-,7?,10?/m0000/s1. The Morgan fingerprint density at radius 3 is 1.30 bits per heavy atom. The van der Waals surface area contributed by atoms with Crippen molar-refractivity contribution in [1.29, 1.82) is 10.8 Å². The number of hydrogen-bond donors (Lipinski definition) is 18. The average Bonchev–Trinajstić information content (AvgIpc) is 4.22. The van der Waals surface area contributed by atoms with Crippen LogP contribution in [-0.4, -0.2) is 221 Å². The number of nitrogens with one attached hydrogen (secondary N) is 4. The number of guanidine groups is 4. The first-order valence-electron chi connectivity index (χ1n) is 24.7. The summed E-state index contributed by atoms with van der Waals surface area (Å²) in [4.78, 5) is 54.6. The van der Waals surface area contributed by atoms with E-state index in [0.29, 0.717) is 68.2 Å². The number of carbonyl (C=O) groups excluding carboxylic acids is 2. The fraction of sp³-hybridized carbons (Fsp3) is 0.762. The summed E-state index contributed by atoms with van der Waals surface area (Å²) in [5, 5.41) is 82.3. The first kappa shape index (κ1) is 52.1. The summed E-state index contributed by atoms with van der Waals surface area (Å²) >= 11 is 0. The Morgan fingerprint density at radius 2 is 0.892 bits per heavy atom. The molecule has 2 amide bonds. The van der Waals surface area contributed by atoms with Crippen LogP contribution in [0, 0.1) is 34.5 Å². The van der Waals surface area contributed by atoms with E-state index in [-0.39, 0.29) is 98.2 Å². The number of aliphatic hydroxyl groups excluding tert-OH is 2. The molecule has 6 fully saturated rings. The predicted octanol–water partition coefficient (Wildman–Crippen LogP) is -7.41. The molecule has 0 radical (unpaired) electrons. The van der Waals surface area contributed by atoms with Crippen molar-refractivity contribution < 1.29 is 49.7 Å². The van der Waals surface area contributed by atoms with Crippen LogP contribution in [0.15, 0.2) is 30.0 Å². The van der Waals surface area contributed by atoms with Crippen LogP contribution < -0.4 is 56.5 Å². The smallest absolute Gasteiger partial charge is 0.404 e. The van der Waals surface area contributed by atoms with Gasteiger partial charge >= 0.3 is 12.2 Å². The third kappa shape index (κ3) is 8.02. The molecule has 32 heteroatoms. The van der Waals surface area contributed by atoms with Crippen LogP contribution in [0.25, 0.3) is 0 Å². The normalized spacial score (nSPS) is 38.7. The number of carbonyl (C=O) groups is 2. The lowest BCUT2D eigenvalue weighted by atomic mass is 9.80. The van der Waals surface area contributed by atoms with Crippen LogP contribution in [0.3, 0.4) is 0 Å². The number of aliphatic hydroxyl groups is 6. The summed E-state index contributed by atoms with van der Waals surface area (Å²) in [7, 11) is 0. The molecule has 12 heterocycles. The van der Waals surface area contributed by atoms with E-state index in [1.807, 2.05) is 4.90 Å². The first-order valence-corrected chi connectivity index (χ1v) is 24.7. The van der Waals surface area contributed by atoms with Crippen molar-refractivity contribution in [3.8, 4) is 0 Å². The van der Waals surface area contributed by atoms with Gasteiger partial charge in [0, 0.05) is 88.4 Å². The molecule has 0 saturated carbocycles. The van der Waals surface area contributed by atoms with E-state index < -0.39 is 53.1 Å². The van der Waals surface area contributed by atoms with Gasteiger partial charge in [-0.15, -0.1) is 0 Å². The Morgan fingerprint density at radius 1 is 0.541 bits per heavy atom. The largest absolute Gasteiger partial charge is 0.447 e. The van der Waals surface area contributed by atoms with Gasteiger partial charge in [-0.1, -0.05) is 0 Å². The summed E-state index contributed by atoms with van der Waals surface area (Å²) in [5.41, 5.74) is 42.0. The first-order chi connectivity index (χ1) is 34.9. The molecule has 12 aliphatic rings. The molecule has 0 aromatic rings. The number of nitrogens with two attached hydrogens (primary N) is 8. The van der Waals surface area contributed by atoms with Gasteiger partial charge in [0.25, 0.3) is 0 Å². The molecular formula is C42H70N22O10. The lowest BCUT2D eigenvalue weighted by Gasteiger charge is -2.47. The number of amidine groups is 4. The van der Waals surface area contributed by atoms with E-state index in [1.54, 1.807) is 9.80 Å². The van der Waals surface area contributed by atoms with Gasteiger partial charge in [0.2, 0.25) is 11.6 Å². The molecule has 32 nitrogen and oxygen atoms in total. The summed E-state index contributed by atoms with van der Waals surface area (Å²) in [6, 6.07) is -1.50. The lowest BCUT2D eigenvalue weighted by Crippen LogP contribution is -2.67. The molecule has 0 aliphatic carbocycles. The van der Waals surface area contributed by atoms with E-state index in [2.05, 4.69) is 45.5 Å².